The van der Waals surface area contributed by atoms with Crippen LogP contribution in [0.5, 0.6) is 11.5 Å². The number of halogens is 1. The molecule has 0 saturated carbocycles. The Labute approximate surface area is 238 Å². The summed E-state index contributed by atoms with van der Waals surface area (Å²) in [5.74, 6) is 0.746. The first kappa shape index (κ1) is 29.7. The number of Topliss-reactive ketones (excluding diaryl/α,β-unsaturated/α-hetero) is 2. The predicted molar refractivity (Wildman–Crippen MR) is 154 cm³/mol. The Kier molecular flexibility index (Phi) is 8.58. The summed E-state index contributed by atoms with van der Waals surface area (Å²) >= 11 is 6.83. The Morgan fingerprint density at radius 3 is 2.03 bits per heavy atom. The molecule has 0 aromatic heterocycles. The van der Waals surface area contributed by atoms with Crippen LogP contribution in [0.3, 0.4) is 0 Å². The van der Waals surface area contributed by atoms with Crippen LogP contribution in [-0.2, 0) is 14.3 Å². The highest BCUT2D eigenvalue weighted by Crippen LogP contribution is 2.55. The largest absolute Gasteiger partial charge is 0.490 e. The van der Waals surface area contributed by atoms with Gasteiger partial charge < -0.3 is 19.1 Å². The Morgan fingerprint density at radius 1 is 0.974 bits per heavy atom. The molecule has 4 rings (SSSR count). The van der Waals surface area contributed by atoms with Gasteiger partial charge in [-0.2, -0.15) is 0 Å². The van der Waals surface area contributed by atoms with Gasteiger partial charge in [0.25, 0.3) is 0 Å². The van der Waals surface area contributed by atoms with Crippen molar-refractivity contribution in [2.45, 2.75) is 92.6 Å². The zero-order valence-corrected chi connectivity index (χ0v) is 25.6. The second kappa shape index (κ2) is 11.3. The van der Waals surface area contributed by atoms with Crippen LogP contribution in [-0.4, -0.2) is 49.4 Å². The minimum atomic E-state index is -0.481. The fourth-order valence-electron chi connectivity index (χ4n) is 6.39. The maximum atomic E-state index is 14.0. The molecule has 2 aliphatic carbocycles. The van der Waals surface area contributed by atoms with E-state index in [0.717, 1.165) is 47.4 Å². The van der Waals surface area contributed by atoms with Gasteiger partial charge in [-0.25, -0.2) is 0 Å². The number of ketones is 2. The quantitative estimate of drug-likeness (QED) is 0.298. The van der Waals surface area contributed by atoms with Crippen LogP contribution in [0.15, 0.2) is 34.7 Å². The summed E-state index contributed by atoms with van der Waals surface area (Å²) in [6.45, 7) is 16.2. The summed E-state index contributed by atoms with van der Waals surface area (Å²) in [5, 5.41) is 0.420. The highest BCUT2D eigenvalue weighted by Gasteiger charge is 2.49. The van der Waals surface area contributed by atoms with Gasteiger partial charge in [0, 0.05) is 61.6 Å². The lowest BCUT2D eigenvalue weighted by atomic mass is 9.63. The first-order chi connectivity index (χ1) is 18.3. The zero-order chi connectivity index (χ0) is 28.7. The zero-order valence-electron chi connectivity index (χ0n) is 24.8. The van der Waals surface area contributed by atoms with Gasteiger partial charge in [0.2, 0.25) is 0 Å². The Balaban J connectivity index is 1.98. The van der Waals surface area contributed by atoms with Crippen molar-refractivity contribution in [3.8, 4) is 11.5 Å². The molecule has 6 nitrogen and oxygen atoms in total. The molecule has 0 amide bonds. The van der Waals surface area contributed by atoms with Gasteiger partial charge in [-0.1, -0.05) is 39.3 Å². The Morgan fingerprint density at radius 2 is 1.54 bits per heavy atom. The highest BCUT2D eigenvalue weighted by atomic mass is 35.5. The van der Waals surface area contributed by atoms with Crippen molar-refractivity contribution in [2.75, 3.05) is 26.9 Å². The molecule has 0 radical (unpaired) electrons. The number of ether oxygens (including phenoxy) is 3. The minimum Gasteiger partial charge on any atom is -0.490 e. The summed E-state index contributed by atoms with van der Waals surface area (Å²) < 4.78 is 17.4. The average molecular weight is 558 g/mol. The molecular formula is C32H44ClNO5. The average Bonchev–Trinajstić information content (AvgIpc) is 2.80. The monoisotopic (exact) mass is 557 g/mol. The van der Waals surface area contributed by atoms with E-state index in [2.05, 4.69) is 32.6 Å². The van der Waals surface area contributed by atoms with Crippen LogP contribution in [0.4, 0.5) is 0 Å². The number of nitrogens with zero attached hydrogens (tertiary/aromatic N) is 1. The molecule has 0 bridgehead atoms. The van der Waals surface area contributed by atoms with Crippen LogP contribution < -0.4 is 9.47 Å². The van der Waals surface area contributed by atoms with E-state index in [1.165, 1.54) is 0 Å². The van der Waals surface area contributed by atoms with E-state index in [9.17, 15) is 9.59 Å². The molecule has 1 aromatic rings. The second-order valence-electron chi connectivity index (χ2n) is 13.0. The van der Waals surface area contributed by atoms with Gasteiger partial charge in [0.1, 0.15) is 0 Å². The van der Waals surface area contributed by atoms with Crippen LogP contribution in [0.1, 0.15) is 92.1 Å². The van der Waals surface area contributed by atoms with Gasteiger partial charge in [0.15, 0.2) is 23.1 Å². The Hall–Kier alpha value is -2.31. The topological polar surface area (TPSA) is 65.1 Å². The van der Waals surface area contributed by atoms with E-state index in [1.807, 2.05) is 32.9 Å². The van der Waals surface area contributed by atoms with Gasteiger partial charge in [0.05, 0.1) is 17.7 Å². The lowest BCUT2D eigenvalue weighted by Gasteiger charge is -2.49. The van der Waals surface area contributed by atoms with Crippen molar-refractivity contribution in [1.82, 2.24) is 4.90 Å². The van der Waals surface area contributed by atoms with Gasteiger partial charge >= 0.3 is 0 Å². The summed E-state index contributed by atoms with van der Waals surface area (Å²) in [5.41, 5.74) is 4.00. The van der Waals surface area contributed by atoms with Crippen molar-refractivity contribution >= 4 is 23.2 Å². The molecule has 1 aromatic carbocycles. The molecule has 0 atom stereocenters. The molecule has 7 heteroatoms. The van der Waals surface area contributed by atoms with E-state index < -0.39 is 5.92 Å². The van der Waals surface area contributed by atoms with Gasteiger partial charge in [-0.05, 0) is 68.6 Å². The van der Waals surface area contributed by atoms with Crippen LogP contribution in [0.25, 0.3) is 0 Å². The molecule has 1 heterocycles. The van der Waals surface area contributed by atoms with E-state index >= 15 is 0 Å². The predicted octanol–water partition coefficient (Wildman–Crippen LogP) is 7.25. The molecule has 0 fully saturated rings. The van der Waals surface area contributed by atoms with Gasteiger partial charge in [-0.15, -0.1) is 0 Å². The van der Waals surface area contributed by atoms with Crippen molar-refractivity contribution in [1.29, 1.82) is 0 Å². The molecule has 0 saturated heterocycles. The first-order valence-corrected chi connectivity index (χ1v) is 14.6. The Bertz CT molecular complexity index is 1160. The van der Waals surface area contributed by atoms with E-state index in [0.29, 0.717) is 49.1 Å². The number of allylic oxidation sites excluding steroid dienone is 4. The van der Waals surface area contributed by atoms with Crippen LogP contribution >= 0.6 is 11.6 Å². The lowest BCUT2D eigenvalue weighted by Crippen LogP contribution is -2.44. The van der Waals surface area contributed by atoms with E-state index in [-0.39, 0.29) is 28.5 Å². The van der Waals surface area contributed by atoms with Crippen LogP contribution in [0.2, 0.25) is 5.02 Å². The molecule has 3 aliphatic rings. The molecule has 214 valence electrons. The van der Waals surface area contributed by atoms with E-state index in [4.69, 9.17) is 25.8 Å². The third-order valence-electron chi connectivity index (χ3n) is 7.77. The second-order valence-corrected chi connectivity index (χ2v) is 13.4. The summed E-state index contributed by atoms with van der Waals surface area (Å²) in [7, 11) is 1.70. The molecule has 0 spiro atoms. The number of carbonyl (C=O) groups excluding carboxylic acids is 2. The number of carbonyl (C=O) groups is 2. The number of rotatable bonds is 9. The van der Waals surface area contributed by atoms with Crippen molar-refractivity contribution in [3.05, 3.63) is 45.3 Å². The molecule has 0 N–H and O–H groups in total. The number of methoxy groups -OCH3 is 1. The van der Waals surface area contributed by atoms with Crippen molar-refractivity contribution < 1.29 is 23.8 Å². The molecule has 0 unspecified atom stereocenters. The lowest BCUT2D eigenvalue weighted by molar-refractivity contribution is -0.119. The normalized spacial score (nSPS) is 20.9. The maximum absolute atomic E-state index is 14.0. The first-order valence-electron chi connectivity index (χ1n) is 14.2. The number of hydrogen-bond donors (Lipinski definition) is 0. The standard InChI is InChI=1S/C32H44ClNO5/c1-9-38-26-14-20(13-21(33)30(26)39-19(2)3)27-28-22(15-31(4,5)17-24(28)35)34(11-10-12-37-8)23-16-32(6,7)18-25(36)29(23)27/h13-14,19,27H,9-12,15-18H2,1-8H3. The third kappa shape index (κ3) is 6.07. The number of hydrogen-bond acceptors (Lipinski definition) is 6. The molecular weight excluding hydrogens is 514 g/mol. The summed E-state index contributed by atoms with van der Waals surface area (Å²) in [4.78, 5) is 30.3. The fourth-order valence-corrected chi connectivity index (χ4v) is 6.65. The molecule has 1 aliphatic heterocycles. The SMILES string of the molecule is CCOc1cc(C2C3=C(CC(C)(C)CC3=O)N(CCCOC)C3=C2C(=O)CC(C)(C)C3)cc(Cl)c1OC(C)C. The van der Waals surface area contributed by atoms with Crippen molar-refractivity contribution in [2.24, 2.45) is 10.8 Å². The summed E-state index contributed by atoms with van der Waals surface area (Å²) in [6, 6.07) is 3.79. The van der Waals surface area contributed by atoms with Crippen LogP contribution in [0, 0.1) is 10.8 Å². The fraction of sp³-hybridized carbons (Fsp3) is 0.625. The summed E-state index contributed by atoms with van der Waals surface area (Å²) in [6.07, 6.45) is 3.14. The maximum Gasteiger partial charge on any atom is 0.180 e. The minimum absolute atomic E-state index is 0.0872. The number of benzene rings is 1. The highest BCUT2D eigenvalue weighted by molar-refractivity contribution is 6.32. The smallest absolute Gasteiger partial charge is 0.180 e. The van der Waals surface area contributed by atoms with Gasteiger partial charge in [-0.3, -0.25) is 9.59 Å². The van der Waals surface area contributed by atoms with Crippen molar-refractivity contribution in [3.63, 3.8) is 0 Å². The third-order valence-corrected chi connectivity index (χ3v) is 8.05. The van der Waals surface area contributed by atoms with E-state index in [1.54, 1.807) is 7.11 Å². The molecule has 39 heavy (non-hydrogen) atoms.